The van der Waals surface area contributed by atoms with Crippen LogP contribution in [0.1, 0.15) is 12.0 Å². The first-order chi connectivity index (χ1) is 7.25. The minimum atomic E-state index is -0.780. The minimum absolute atomic E-state index is 0.425. The Bertz CT molecular complexity index is 305. The minimum Gasteiger partial charge on any atom is -0.370 e. The summed E-state index contributed by atoms with van der Waals surface area (Å²) in [5.74, 6) is -1.51. The molecule has 0 atom stereocenters. The predicted octanol–water partition coefficient (Wildman–Crippen LogP) is 2.09. The van der Waals surface area contributed by atoms with Gasteiger partial charge in [-0.15, -0.1) is 0 Å². The van der Waals surface area contributed by atoms with Crippen molar-refractivity contribution in [2.45, 2.75) is 12.8 Å². The van der Waals surface area contributed by atoms with E-state index in [1.807, 2.05) is 0 Å². The maximum atomic E-state index is 13.2. The lowest BCUT2D eigenvalue weighted by Gasteiger charge is -2.05. The van der Waals surface area contributed by atoms with E-state index in [1.165, 1.54) is 6.07 Å². The summed E-state index contributed by atoms with van der Waals surface area (Å²) in [6, 6.07) is 4.26. The number of aryl methyl sites for hydroxylation is 1. The van der Waals surface area contributed by atoms with Crippen LogP contribution in [0.4, 0.5) is 8.78 Å². The normalized spacial score (nSPS) is 10.6. The highest BCUT2D eigenvalue weighted by Crippen LogP contribution is 2.12. The average Bonchev–Trinajstić information content (AvgIpc) is 2.24. The monoisotopic (exact) mass is 215 g/mol. The van der Waals surface area contributed by atoms with Crippen LogP contribution in [-0.4, -0.2) is 20.4 Å². The summed E-state index contributed by atoms with van der Waals surface area (Å²) in [5.41, 5.74) is 0.425. The lowest BCUT2D eigenvalue weighted by molar-refractivity contribution is 0.175. The molecule has 0 aliphatic heterocycles. The van der Waals surface area contributed by atoms with Gasteiger partial charge in [0.15, 0.2) is 11.6 Å². The molecule has 1 aromatic carbocycles. The fourth-order valence-electron chi connectivity index (χ4n) is 1.32. The van der Waals surface area contributed by atoms with Crippen molar-refractivity contribution in [3.63, 3.8) is 0 Å². The Morgan fingerprint density at radius 3 is 2.87 bits per heavy atom. The maximum Gasteiger partial charge on any atom is 0.162 e. The molecule has 1 rings (SSSR count). The molecule has 0 radical (unpaired) electrons. The number of hydrogen-bond acceptors (Lipinski definition) is 2. The topological polar surface area (TPSA) is 21.3 Å². The number of methoxy groups -OCH3 is 1. The third-order valence-corrected chi connectivity index (χ3v) is 2.08. The van der Waals surface area contributed by atoms with Crippen LogP contribution in [-0.2, 0) is 11.2 Å². The first-order valence-corrected chi connectivity index (χ1v) is 4.88. The molecule has 0 bridgehead atoms. The Balaban J connectivity index is 2.34. The Kier molecular flexibility index (Phi) is 5.21. The third kappa shape index (κ3) is 3.93. The molecule has 1 aromatic rings. The second kappa shape index (κ2) is 6.48. The molecular formula is C11H15F2NO. The summed E-state index contributed by atoms with van der Waals surface area (Å²) >= 11 is 0. The number of nitrogens with one attached hydrogen (secondary N) is 1. The molecule has 0 aliphatic rings. The summed E-state index contributed by atoms with van der Waals surface area (Å²) in [6.07, 6.45) is 1.28. The van der Waals surface area contributed by atoms with Gasteiger partial charge in [0.25, 0.3) is 0 Å². The Hall–Kier alpha value is -1.00. The van der Waals surface area contributed by atoms with Gasteiger partial charge in [-0.1, -0.05) is 12.1 Å². The third-order valence-electron chi connectivity index (χ3n) is 2.08. The molecule has 1 N–H and O–H groups in total. The number of hydrogen-bond donors (Lipinski definition) is 1. The van der Waals surface area contributed by atoms with E-state index in [-0.39, 0.29) is 0 Å². The highest BCUT2D eigenvalue weighted by molar-refractivity contribution is 5.18. The van der Waals surface area contributed by atoms with Gasteiger partial charge in [-0.3, -0.25) is 5.32 Å². The molecule has 0 amide bonds. The molecule has 84 valence electrons. The van der Waals surface area contributed by atoms with Gasteiger partial charge in [0.05, 0.1) is 6.73 Å². The van der Waals surface area contributed by atoms with Gasteiger partial charge in [0.2, 0.25) is 0 Å². The summed E-state index contributed by atoms with van der Waals surface area (Å²) < 4.78 is 30.7. The zero-order valence-electron chi connectivity index (χ0n) is 8.72. The Labute approximate surface area is 88.3 Å². The number of benzene rings is 1. The van der Waals surface area contributed by atoms with Crippen LogP contribution in [0, 0.1) is 11.6 Å². The standard InChI is InChI=1S/C11H15F2NO/c1-15-8-14-7-3-5-9-4-2-6-10(12)11(9)13/h2,4,6,14H,3,5,7-8H2,1H3. The van der Waals surface area contributed by atoms with Crippen molar-refractivity contribution in [2.24, 2.45) is 0 Å². The van der Waals surface area contributed by atoms with Crippen LogP contribution in [0.15, 0.2) is 18.2 Å². The van der Waals surface area contributed by atoms with E-state index >= 15 is 0 Å². The van der Waals surface area contributed by atoms with Crippen molar-refractivity contribution >= 4 is 0 Å². The molecular weight excluding hydrogens is 200 g/mol. The molecule has 0 saturated carbocycles. The average molecular weight is 215 g/mol. The van der Waals surface area contributed by atoms with Gasteiger partial charge >= 0.3 is 0 Å². The van der Waals surface area contributed by atoms with Crippen LogP contribution < -0.4 is 5.32 Å². The van der Waals surface area contributed by atoms with Crippen LogP contribution >= 0.6 is 0 Å². The van der Waals surface area contributed by atoms with Gasteiger partial charge in [0, 0.05) is 7.11 Å². The van der Waals surface area contributed by atoms with Crippen molar-refractivity contribution in [3.05, 3.63) is 35.4 Å². The second-order valence-corrected chi connectivity index (χ2v) is 3.25. The largest absolute Gasteiger partial charge is 0.370 e. The summed E-state index contributed by atoms with van der Waals surface area (Å²) in [6.45, 7) is 1.20. The fraction of sp³-hybridized carbons (Fsp3) is 0.455. The summed E-state index contributed by atoms with van der Waals surface area (Å²) in [4.78, 5) is 0. The van der Waals surface area contributed by atoms with E-state index in [9.17, 15) is 8.78 Å². The van der Waals surface area contributed by atoms with E-state index in [4.69, 9.17) is 4.74 Å². The van der Waals surface area contributed by atoms with Crippen LogP contribution in [0.2, 0.25) is 0 Å². The molecule has 4 heteroatoms. The fourth-order valence-corrected chi connectivity index (χ4v) is 1.32. The number of halogens is 2. The van der Waals surface area contributed by atoms with Crippen molar-refractivity contribution in [2.75, 3.05) is 20.4 Å². The molecule has 0 fully saturated rings. The molecule has 0 saturated heterocycles. The van der Waals surface area contributed by atoms with Gasteiger partial charge < -0.3 is 4.74 Å². The maximum absolute atomic E-state index is 13.2. The zero-order valence-corrected chi connectivity index (χ0v) is 8.72. The smallest absolute Gasteiger partial charge is 0.162 e. The van der Waals surface area contributed by atoms with Crippen LogP contribution in [0.5, 0.6) is 0 Å². The van der Waals surface area contributed by atoms with E-state index in [1.54, 1.807) is 13.2 Å². The molecule has 15 heavy (non-hydrogen) atoms. The lowest BCUT2D eigenvalue weighted by atomic mass is 10.1. The molecule has 0 aromatic heterocycles. The lowest BCUT2D eigenvalue weighted by Crippen LogP contribution is -2.18. The number of rotatable bonds is 6. The van der Waals surface area contributed by atoms with Crippen molar-refractivity contribution < 1.29 is 13.5 Å². The molecule has 0 spiro atoms. The van der Waals surface area contributed by atoms with Crippen molar-refractivity contribution in [1.82, 2.24) is 5.32 Å². The summed E-state index contributed by atoms with van der Waals surface area (Å²) in [7, 11) is 1.60. The Morgan fingerprint density at radius 2 is 2.13 bits per heavy atom. The van der Waals surface area contributed by atoms with Crippen molar-refractivity contribution in [1.29, 1.82) is 0 Å². The van der Waals surface area contributed by atoms with E-state index in [0.717, 1.165) is 19.0 Å². The second-order valence-electron chi connectivity index (χ2n) is 3.25. The zero-order chi connectivity index (χ0) is 11.1. The van der Waals surface area contributed by atoms with Gasteiger partial charge in [0.1, 0.15) is 0 Å². The SMILES string of the molecule is COCNCCCc1cccc(F)c1F. The van der Waals surface area contributed by atoms with E-state index < -0.39 is 11.6 Å². The first kappa shape index (κ1) is 12.1. The molecule has 0 aliphatic carbocycles. The number of ether oxygens (including phenoxy) is 1. The Morgan fingerprint density at radius 1 is 1.33 bits per heavy atom. The van der Waals surface area contributed by atoms with E-state index in [2.05, 4.69) is 5.32 Å². The summed E-state index contributed by atoms with van der Waals surface area (Å²) in [5, 5.41) is 3.00. The molecule has 0 unspecified atom stereocenters. The molecule has 0 heterocycles. The predicted molar refractivity (Wildman–Crippen MR) is 54.6 cm³/mol. The van der Waals surface area contributed by atoms with Crippen LogP contribution in [0.3, 0.4) is 0 Å². The van der Waals surface area contributed by atoms with Gasteiger partial charge in [-0.2, -0.15) is 0 Å². The highest BCUT2D eigenvalue weighted by atomic mass is 19.2. The van der Waals surface area contributed by atoms with Gasteiger partial charge in [-0.25, -0.2) is 8.78 Å². The van der Waals surface area contributed by atoms with Gasteiger partial charge in [-0.05, 0) is 31.0 Å². The highest BCUT2D eigenvalue weighted by Gasteiger charge is 2.06. The van der Waals surface area contributed by atoms with E-state index in [0.29, 0.717) is 18.7 Å². The quantitative estimate of drug-likeness (QED) is 0.579. The first-order valence-electron chi connectivity index (χ1n) is 4.88. The van der Waals surface area contributed by atoms with Crippen molar-refractivity contribution in [3.8, 4) is 0 Å². The van der Waals surface area contributed by atoms with Crippen LogP contribution in [0.25, 0.3) is 0 Å². The molecule has 2 nitrogen and oxygen atoms in total.